The highest BCUT2D eigenvalue weighted by Gasteiger charge is 2.25. The lowest BCUT2D eigenvalue weighted by atomic mass is 9.88. The predicted octanol–water partition coefficient (Wildman–Crippen LogP) is 8.65. The van der Waals surface area contributed by atoms with E-state index < -0.39 is 0 Å². The predicted molar refractivity (Wildman–Crippen MR) is 111 cm³/mol. The molecular formula is C20H40Br2. The summed E-state index contributed by atoms with van der Waals surface area (Å²) in [6.07, 6.45) is 20.0. The molecule has 0 aliphatic rings. The van der Waals surface area contributed by atoms with Crippen LogP contribution in [-0.2, 0) is 0 Å². The lowest BCUT2D eigenvalue weighted by molar-refractivity contribution is 0.375. The molecule has 0 fully saturated rings. The fraction of sp³-hybridized carbons (Fsp3) is 1.00. The monoisotopic (exact) mass is 438 g/mol. The highest BCUT2D eigenvalue weighted by atomic mass is 79.9. The quantitative estimate of drug-likeness (QED) is 0.166. The molecule has 0 heterocycles. The van der Waals surface area contributed by atoms with Crippen molar-refractivity contribution in [3.8, 4) is 0 Å². The maximum atomic E-state index is 3.86. The van der Waals surface area contributed by atoms with Gasteiger partial charge in [-0.2, -0.15) is 0 Å². The van der Waals surface area contributed by atoms with Crippen molar-refractivity contribution in [3.63, 3.8) is 0 Å². The SMILES string of the molecule is CCCCCCCCCCCCCCC(CCBr)C(C)(C)Br. The van der Waals surface area contributed by atoms with Gasteiger partial charge in [-0.3, -0.25) is 0 Å². The maximum Gasteiger partial charge on any atom is 0.0230 e. The van der Waals surface area contributed by atoms with Crippen molar-refractivity contribution < 1.29 is 0 Å². The van der Waals surface area contributed by atoms with Gasteiger partial charge >= 0.3 is 0 Å². The second kappa shape index (κ2) is 15.5. The third kappa shape index (κ3) is 14.5. The van der Waals surface area contributed by atoms with Crippen molar-refractivity contribution in [2.75, 3.05) is 5.33 Å². The summed E-state index contributed by atoms with van der Waals surface area (Å²) in [4.78, 5) is 0. The van der Waals surface area contributed by atoms with E-state index in [4.69, 9.17) is 0 Å². The van der Waals surface area contributed by atoms with Gasteiger partial charge in [-0.25, -0.2) is 0 Å². The molecule has 0 bridgehead atoms. The highest BCUT2D eigenvalue weighted by Crippen LogP contribution is 2.33. The first-order chi connectivity index (χ1) is 10.5. The van der Waals surface area contributed by atoms with Crippen molar-refractivity contribution in [3.05, 3.63) is 0 Å². The second-order valence-electron chi connectivity index (χ2n) is 7.42. The Kier molecular flexibility index (Phi) is 16.2. The maximum absolute atomic E-state index is 3.86. The summed E-state index contributed by atoms with van der Waals surface area (Å²) in [7, 11) is 0. The fourth-order valence-corrected chi connectivity index (χ4v) is 4.20. The standard InChI is InChI=1S/C20H40Br2/c1-4-5-6-7-8-9-10-11-12-13-14-15-16-19(17-18-21)20(2,3)22/h19H,4-18H2,1-3H3. The molecule has 0 rings (SSSR count). The smallest absolute Gasteiger partial charge is 0.0230 e. The van der Waals surface area contributed by atoms with Crippen molar-refractivity contribution in [1.82, 2.24) is 0 Å². The van der Waals surface area contributed by atoms with Crippen LogP contribution >= 0.6 is 31.9 Å². The van der Waals surface area contributed by atoms with Crippen molar-refractivity contribution in [2.45, 2.75) is 115 Å². The Bertz CT molecular complexity index is 220. The Morgan fingerprint density at radius 3 is 1.45 bits per heavy atom. The van der Waals surface area contributed by atoms with E-state index in [1.165, 1.54) is 89.9 Å². The van der Waals surface area contributed by atoms with Crippen LogP contribution in [0.2, 0.25) is 0 Å². The average molecular weight is 440 g/mol. The van der Waals surface area contributed by atoms with Crippen LogP contribution in [0, 0.1) is 5.92 Å². The number of unbranched alkanes of at least 4 members (excludes halogenated alkanes) is 11. The van der Waals surface area contributed by atoms with E-state index in [1.54, 1.807) is 0 Å². The van der Waals surface area contributed by atoms with Crippen molar-refractivity contribution in [2.24, 2.45) is 5.92 Å². The molecule has 1 atom stereocenters. The molecule has 0 spiro atoms. The molecule has 0 aliphatic carbocycles. The molecule has 0 N–H and O–H groups in total. The molecule has 0 amide bonds. The van der Waals surface area contributed by atoms with Gasteiger partial charge in [0.05, 0.1) is 0 Å². The van der Waals surface area contributed by atoms with Crippen LogP contribution in [0.3, 0.4) is 0 Å². The fourth-order valence-electron chi connectivity index (χ4n) is 3.19. The molecule has 0 aliphatic heterocycles. The average Bonchev–Trinajstić information content (AvgIpc) is 2.46. The minimum Gasteiger partial charge on any atom is -0.0928 e. The van der Waals surface area contributed by atoms with Crippen LogP contribution in [0.1, 0.15) is 111 Å². The van der Waals surface area contributed by atoms with Crippen molar-refractivity contribution in [1.29, 1.82) is 0 Å². The van der Waals surface area contributed by atoms with Gasteiger partial charge in [0.25, 0.3) is 0 Å². The van der Waals surface area contributed by atoms with E-state index >= 15 is 0 Å². The normalized spacial score (nSPS) is 13.5. The minimum atomic E-state index is 0.290. The summed E-state index contributed by atoms with van der Waals surface area (Å²) in [5, 5.41) is 1.13. The third-order valence-corrected chi connectivity index (χ3v) is 5.94. The lowest BCUT2D eigenvalue weighted by Gasteiger charge is -2.28. The van der Waals surface area contributed by atoms with E-state index in [0.29, 0.717) is 4.32 Å². The second-order valence-corrected chi connectivity index (χ2v) is 10.3. The van der Waals surface area contributed by atoms with E-state index in [0.717, 1.165) is 11.2 Å². The molecule has 22 heavy (non-hydrogen) atoms. The Hall–Kier alpha value is 0.960. The molecule has 0 nitrogen and oxygen atoms in total. The van der Waals surface area contributed by atoms with Gasteiger partial charge in [-0.05, 0) is 32.6 Å². The van der Waals surface area contributed by atoms with Gasteiger partial charge in [0.15, 0.2) is 0 Å². The van der Waals surface area contributed by atoms with Gasteiger partial charge in [0.2, 0.25) is 0 Å². The van der Waals surface area contributed by atoms with Crippen LogP contribution in [0.25, 0.3) is 0 Å². The van der Waals surface area contributed by atoms with Crippen LogP contribution < -0.4 is 0 Å². The molecule has 0 aromatic carbocycles. The van der Waals surface area contributed by atoms with Gasteiger partial charge in [0.1, 0.15) is 0 Å². The largest absolute Gasteiger partial charge is 0.0928 e. The van der Waals surface area contributed by atoms with E-state index in [9.17, 15) is 0 Å². The van der Waals surface area contributed by atoms with E-state index in [2.05, 4.69) is 52.6 Å². The lowest BCUT2D eigenvalue weighted by Crippen LogP contribution is -2.24. The van der Waals surface area contributed by atoms with Crippen LogP contribution in [0.4, 0.5) is 0 Å². The molecule has 0 radical (unpaired) electrons. The Balaban J connectivity index is 3.35. The molecule has 0 saturated heterocycles. The van der Waals surface area contributed by atoms with Gasteiger partial charge in [-0.15, -0.1) is 0 Å². The first kappa shape index (κ1) is 23.0. The summed E-state index contributed by atoms with van der Waals surface area (Å²) >= 11 is 7.46. The molecule has 0 aromatic rings. The molecule has 2 heteroatoms. The zero-order valence-electron chi connectivity index (χ0n) is 15.4. The Morgan fingerprint density at radius 2 is 1.09 bits per heavy atom. The Morgan fingerprint density at radius 1 is 0.682 bits per heavy atom. The first-order valence-corrected chi connectivity index (χ1v) is 11.7. The summed E-state index contributed by atoms with van der Waals surface area (Å²) in [5.41, 5.74) is 0. The molecule has 0 saturated carbocycles. The zero-order valence-corrected chi connectivity index (χ0v) is 18.6. The number of hydrogen-bond acceptors (Lipinski definition) is 0. The van der Waals surface area contributed by atoms with Gasteiger partial charge in [0, 0.05) is 9.65 Å². The topological polar surface area (TPSA) is 0 Å². The third-order valence-electron chi connectivity index (χ3n) is 4.83. The first-order valence-electron chi connectivity index (χ1n) is 9.77. The molecular weight excluding hydrogens is 400 g/mol. The number of alkyl halides is 2. The zero-order chi connectivity index (χ0) is 16.7. The van der Waals surface area contributed by atoms with Crippen LogP contribution in [0.15, 0.2) is 0 Å². The summed E-state index contributed by atoms with van der Waals surface area (Å²) in [5.74, 6) is 0.801. The summed E-state index contributed by atoms with van der Waals surface area (Å²) < 4.78 is 0.290. The molecule has 0 aromatic heterocycles. The van der Waals surface area contributed by atoms with E-state index in [1.807, 2.05) is 0 Å². The number of halogens is 2. The van der Waals surface area contributed by atoms with Crippen LogP contribution in [-0.4, -0.2) is 9.65 Å². The highest BCUT2D eigenvalue weighted by molar-refractivity contribution is 9.10. The minimum absolute atomic E-state index is 0.290. The van der Waals surface area contributed by atoms with Crippen molar-refractivity contribution >= 4 is 31.9 Å². The van der Waals surface area contributed by atoms with Gasteiger partial charge in [-0.1, -0.05) is 116 Å². The van der Waals surface area contributed by atoms with Crippen LogP contribution in [0.5, 0.6) is 0 Å². The number of rotatable bonds is 16. The molecule has 1 unspecified atom stereocenters. The number of hydrogen-bond donors (Lipinski definition) is 0. The summed E-state index contributed by atoms with van der Waals surface area (Å²) in [6.45, 7) is 6.93. The molecule has 134 valence electrons. The van der Waals surface area contributed by atoms with Gasteiger partial charge < -0.3 is 0 Å². The van der Waals surface area contributed by atoms with E-state index in [-0.39, 0.29) is 0 Å². The Labute approximate surface area is 157 Å². The summed E-state index contributed by atoms with van der Waals surface area (Å²) in [6, 6.07) is 0.